The Morgan fingerprint density at radius 3 is 2.62 bits per heavy atom. The molecule has 5 rings (SSSR count). The smallest absolute Gasteiger partial charge is 0.266 e. The van der Waals surface area contributed by atoms with Crippen molar-refractivity contribution in [3.05, 3.63) is 51.9 Å². The maximum absolute atomic E-state index is 13.1. The van der Waals surface area contributed by atoms with E-state index in [0.29, 0.717) is 37.1 Å². The van der Waals surface area contributed by atoms with Gasteiger partial charge in [0.05, 0.1) is 17.2 Å². The van der Waals surface area contributed by atoms with Crippen LogP contribution in [0.25, 0.3) is 0 Å². The highest BCUT2D eigenvalue weighted by Gasteiger charge is 2.31. The Bertz CT molecular complexity index is 1080. The van der Waals surface area contributed by atoms with E-state index >= 15 is 0 Å². The van der Waals surface area contributed by atoms with E-state index in [9.17, 15) is 13.2 Å². The average molecular weight is 416 g/mol. The number of benzene rings is 1. The molecule has 1 aromatic carbocycles. The molecule has 1 saturated heterocycles. The van der Waals surface area contributed by atoms with Gasteiger partial charge in [-0.15, -0.1) is 0 Å². The first kappa shape index (κ1) is 18.8. The summed E-state index contributed by atoms with van der Waals surface area (Å²) in [7, 11) is -3.50. The third kappa shape index (κ3) is 3.71. The van der Waals surface area contributed by atoms with Crippen LogP contribution in [0, 0.1) is 5.92 Å². The van der Waals surface area contributed by atoms with E-state index in [1.54, 1.807) is 33.3 Å². The topological polar surface area (TPSA) is 81.5 Å². The zero-order valence-electron chi connectivity index (χ0n) is 16.3. The molecule has 7 nitrogen and oxygen atoms in total. The van der Waals surface area contributed by atoms with Crippen molar-refractivity contribution < 1.29 is 13.2 Å². The van der Waals surface area contributed by atoms with Gasteiger partial charge in [0.1, 0.15) is 5.75 Å². The van der Waals surface area contributed by atoms with Crippen molar-refractivity contribution in [2.75, 3.05) is 19.7 Å². The monoisotopic (exact) mass is 415 g/mol. The quantitative estimate of drug-likeness (QED) is 0.748. The second-order valence-corrected chi connectivity index (χ2v) is 10.2. The SMILES string of the molecule is O=c1ccc(C2CC2)nn1CC1CCN(S(=O)(=O)c2ccc3c(c2)CCO3)CC1. The summed E-state index contributed by atoms with van der Waals surface area (Å²) >= 11 is 0. The number of hydrogen-bond acceptors (Lipinski definition) is 5. The van der Waals surface area contributed by atoms with Gasteiger partial charge in [0.15, 0.2) is 0 Å². The molecule has 8 heteroatoms. The lowest BCUT2D eigenvalue weighted by atomic mass is 9.98. The largest absolute Gasteiger partial charge is 0.493 e. The number of hydrogen-bond donors (Lipinski definition) is 0. The standard InChI is InChI=1S/C21H25N3O4S/c25-21-6-4-19(16-1-2-16)22-24(21)14-15-7-10-23(11-8-15)29(26,27)18-3-5-20-17(13-18)9-12-28-20/h3-6,13,15-16H,1-2,7-12,14H2. The summed E-state index contributed by atoms with van der Waals surface area (Å²) in [5.74, 6) is 1.55. The highest BCUT2D eigenvalue weighted by molar-refractivity contribution is 7.89. The summed E-state index contributed by atoms with van der Waals surface area (Å²) in [6.45, 7) is 2.11. The molecule has 0 bridgehead atoms. The Hall–Kier alpha value is -2.19. The van der Waals surface area contributed by atoms with Crippen molar-refractivity contribution in [3.8, 4) is 5.75 Å². The van der Waals surface area contributed by atoms with Crippen LogP contribution in [0.4, 0.5) is 0 Å². The fourth-order valence-corrected chi connectivity index (χ4v) is 5.76. The van der Waals surface area contributed by atoms with Crippen LogP contribution in [-0.2, 0) is 23.0 Å². The molecule has 0 N–H and O–H groups in total. The highest BCUT2D eigenvalue weighted by atomic mass is 32.2. The molecule has 0 spiro atoms. The van der Waals surface area contributed by atoms with E-state index in [0.717, 1.165) is 49.1 Å². The molecule has 154 valence electrons. The summed E-state index contributed by atoms with van der Waals surface area (Å²) < 4.78 is 34.7. The lowest BCUT2D eigenvalue weighted by molar-refractivity contribution is 0.244. The van der Waals surface area contributed by atoms with Crippen molar-refractivity contribution in [3.63, 3.8) is 0 Å². The zero-order chi connectivity index (χ0) is 20.0. The number of piperidine rings is 1. The molecular formula is C21H25N3O4S. The minimum Gasteiger partial charge on any atom is -0.493 e. The molecule has 0 radical (unpaired) electrons. The first-order valence-electron chi connectivity index (χ1n) is 10.3. The minimum atomic E-state index is -3.50. The first-order chi connectivity index (χ1) is 14.0. The molecule has 0 amide bonds. The van der Waals surface area contributed by atoms with E-state index in [1.165, 1.54) is 0 Å². The van der Waals surface area contributed by atoms with Gasteiger partial charge in [0.25, 0.3) is 5.56 Å². The number of nitrogens with zero attached hydrogens (tertiary/aromatic N) is 3. The van der Waals surface area contributed by atoms with E-state index in [4.69, 9.17) is 4.74 Å². The van der Waals surface area contributed by atoms with Crippen molar-refractivity contribution >= 4 is 10.0 Å². The first-order valence-corrected chi connectivity index (χ1v) is 11.8. The van der Waals surface area contributed by atoms with E-state index < -0.39 is 10.0 Å². The van der Waals surface area contributed by atoms with Gasteiger partial charge >= 0.3 is 0 Å². The molecular weight excluding hydrogens is 390 g/mol. The fourth-order valence-electron chi connectivity index (χ4n) is 4.24. The van der Waals surface area contributed by atoms with Gasteiger partial charge in [-0.1, -0.05) is 0 Å². The third-order valence-corrected chi connectivity index (χ3v) is 8.08. The van der Waals surface area contributed by atoms with Crippen LogP contribution in [0.2, 0.25) is 0 Å². The van der Waals surface area contributed by atoms with Gasteiger partial charge in [0.2, 0.25) is 10.0 Å². The Morgan fingerprint density at radius 1 is 1.07 bits per heavy atom. The number of fused-ring (bicyclic) bond motifs is 1. The van der Waals surface area contributed by atoms with Gasteiger partial charge in [-0.3, -0.25) is 4.79 Å². The van der Waals surface area contributed by atoms with Crippen LogP contribution in [-0.4, -0.2) is 42.2 Å². The normalized spacial score (nSPS) is 20.4. The van der Waals surface area contributed by atoms with Crippen LogP contribution in [0.3, 0.4) is 0 Å². The molecule has 0 unspecified atom stereocenters. The minimum absolute atomic E-state index is 0.0789. The summed E-state index contributed by atoms with van der Waals surface area (Å²) in [6, 6.07) is 8.59. The van der Waals surface area contributed by atoms with E-state index in [-0.39, 0.29) is 11.5 Å². The maximum Gasteiger partial charge on any atom is 0.266 e. The summed E-state index contributed by atoms with van der Waals surface area (Å²) in [4.78, 5) is 12.5. The number of sulfonamides is 1. The third-order valence-electron chi connectivity index (χ3n) is 6.19. The van der Waals surface area contributed by atoms with Crippen molar-refractivity contribution in [2.45, 2.75) is 49.5 Å². The Balaban J connectivity index is 1.25. The van der Waals surface area contributed by atoms with Crippen molar-refractivity contribution in [1.29, 1.82) is 0 Å². The van der Waals surface area contributed by atoms with Crippen molar-refractivity contribution in [1.82, 2.24) is 14.1 Å². The van der Waals surface area contributed by atoms with Gasteiger partial charge in [-0.05, 0) is 61.4 Å². The predicted octanol–water partition coefficient (Wildman–Crippen LogP) is 2.16. The summed E-state index contributed by atoms with van der Waals surface area (Å²) in [6.07, 6.45) is 4.51. The molecule has 2 aliphatic heterocycles. The van der Waals surface area contributed by atoms with E-state index in [1.807, 2.05) is 6.07 Å². The van der Waals surface area contributed by atoms with Gasteiger partial charge in [-0.2, -0.15) is 9.40 Å². The predicted molar refractivity (Wildman–Crippen MR) is 108 cm³/mol. The van der Waals surface area contributed by atoms with Crippen LogP contribution in [0.15, 0.2) is 40.0 Å². The van der Waals surface area contributed by atoms with E-state index in [2.05, 4.69) is 5.10 Å². The number of aromatic nitrogens is 2. The Morgan fingerprint density at radius 2 is 1.86 bits per heavy atom. The molecule has 1 aromatic heterocycles. The van der Waals surface area contributed by atoms with Crippen LogP contribution in [0.1, 0.15) is 42.9 Å². The molecule has 2 fully saturated rings. The fraction of sp³-hybridized carbons (Fsp3) is 0.524. The lowest BCUT2D eigenvalue weighted by Crippen LogP contribution is -2.40. The Kier molecular flexibility index (Phi) is 4.70. The molecule has 3 heterocycles. The summed E-state index contributed by atoms with van der Waals surface area (Å²) in [5, 5.41) is 4.54. The molecule has 0 atom stereocenters. The number of rotatable bonds is 5. The molecule has 29 heavy (non-hydrogen) atoms. The molecule has 3 aliphatic rings. The zero-order valence-corrected chi connectivity index (χ0v) is 17.1. The Labute approximate surface area is 170 Å². The van der Waals surface area contributed by atoms with Crippen LogP contribution in [0.5, 0.6) is 5.75 Å². The molecule has 2 aromatic rings. The van der Waals surface area contributed by atoms with Gasteiger partial charge in [-0.25, -0.2) is 13.1 Å². The molecule has 1 saturated carbocycles. The van der Waals surface area contributed by atoms with Crippen molar-refractivity contribution in [2.24, 2.45) is 5.92 Å². The van der Waals surface area contributed by atoms with Gasteiger partial charge in [0, 0.05) is 38.0 Å². The second kappa shape index (κ2) is 7.25. The van der Waals surface area contributed by atoms with Crippen LogP contribution >= 0.6 is 0 Å². The number of ether oxygens (including phenoxy) is 1. The maximum atomic E-state index is 13.1. The summed E-state index contributed by atoms with van der Waals surface area (Å²) in [5.41, 5.74) is 1.89. The lowest BCUT2D eigenvalue weighted by Gasteiger charge is -2.31. The average Bonchev–Trinajstić information content (AvgIpc) is 3.46. The van der Waals surface area contributed by atoms with Crippen LogP contribution < -0.4 is 10.3 Å². The van der Waals surface area contributed by atoms with Gasteiger partial charge < -0.3 is 4.74 Å². The molecule has 1 aliphatic carbocycles. The highest BCUT2D eigenvalue weighted by Crippen LogP contribution is 2.38. The second-order valence-electron chi connectivity index (χ2n) is 8.27.